The van der Waals surface area contributed by atoms with E-state index in [4.69, 9.17) is 15.6 Å². The molecule has 4 unspecified atom stereocenters. The van der Waals surface area contributed by atoms with Crippen LogP contribution in [0.25, 0.3) is 0 Å². The second-order valence-corrected chi connectivity index (χ2v) is 7.61. The SMILES string of the molecule is NC1C=CC=C(NC(=O)C2CNC3C=CC(c4cccc(OC[C@H](O)CO)c4)NN32)N1. The van der Waals surface area contributed by atoms with Crippen molar-refractivity contribution in [2.24, 2.45) is 5.73 Å². The number of nitrogens with zero attached hydrogens (tertiary/aromatic N) is 1. The van der Waals surface area contributed by atoms with Gasteiger partial charge in [0.25, 0.3) is 0 Å². The summed E-state index contributed by atoms with van der Waals surface area (Å²) in [4.78, 5) is 12.9. The van der Waals surface area contributed by atoms with Gasteiger partial charge in [-0.3, -0.25) is 10.1 Å². The van der Waals surface area contributed by atoms with Crippen LogP contribution >= 0.6 is 0 Å². The van der Waals surface area contributed by atoms with Crippen LogP contribution in [-0.2, 0) is 4.79 Å². The Bertz CT molecular complexity index is 888. The molecule has 1 aromatic rings. The third-order valence-electron chi connectivity index (χ3n) is 5.26. The maximum Gasteiger partial charge on any atom is 0.245 e. The molecule has 3 heterocycles. The number of dihydropyridines is 1. The van der Waals surface area contributed by atoms with Crippen LogP contribution in [0, 0.1) is 0 Å². The predicted octanol–water partition coefficient (Wildman–Crippen LogP) is -1.46. The smallest absolute Gasteiger partial charge is 0.245 e. The number of aliphatic hydroxyl groups is 2. The summed E-state index contributed by atoms with van der Waals surface area (Å²) in [5, 5.41) is 29.5. The molecule has 4 rings (SSSR count). The molecule has 1 aromatic carbocycles. The van der Waals surface area contributed by atoms with Crippen molar-refractivity contribution in [3.05, 3.63) is 66.0 Å². The molecule has 3 aliphatic heterocycles. The summed E-state index contributed by atoms with van der Waals surface area (Å²) in [6, 6.07) is 6.92. The van der Waals surface area contributed by atoms with Gasteiger partial charge < -0.3 is 31.3 Å². The molecule has 0 spiro atoms. The van der Waals surface area contributed by atoms with Crippen molar-refractivity contribution < 1.29 is 19.7 Å². The number of carbonyl (C=O) groups excluding carboxylic acids is 1. The summed E-state index contributed by atoms with van der Waals surface area (Å²) < 4.78 is 5.55. The van der Waals surface area contributed by atoms with Gasteiger partial charge in [0.05, 0.1) is 25.0 Å². The van der Waals surface area contributed by atoms with Crippen molar-refractivity contribution in [2.45, 2.75) is 30.5 Å². The highest BCUT2D eigenvalue weighted by Gasteiger charge is 2.39. The Morgan fingerprint density at radius 3 is 3.03 bits per heavy atom. The van der Waals surface area contributed by atoms with Gasteiger partial charge in [-0.15, -0.1) is 0 Å². The highest BCUT2D eigenvalue weighted by molar-refractivity contribution is 5.84. The lowest BCUT2D eigenvalue weighted by atomic mass is 10.0. The second-order valence-electron chi connectivity index (χ2n) is 7.61. The van der Waals surface area contributed by atoms with Crippen molar-refractivity contribution in [2.75, 3.05) is 19.8 Å². The van der Waals surface area contributed by atoms with Crippen LogP contribution in [0.1, 0.15) is 11.6 Å². The van der Waals surface area contributed by atoms with Crippen molar-refractivity contribution in [3.8, 4) is 5.75 Å². The number of nitrogens with one attached hydrogen (secondary N) is 4. The first-order valence-electron chi connectivity index (χ1n) is 10.2. The summed E-state index contributed by atoms with van der Waals surface area (Å²) in [5.41, 5.74) is 10.2. The van der Waals surface area contributed by atoms with Crippen LogP contribution in [0.15, 0.2) is 60.5 Å². The second kappa shape index (κ2) is 9.60. The third kappa shape index (κ3) is 5.13. The normalized spacial score (nSPS) is 28.4. The van der Waals surface area contributed by atoms with Crippen molar-refractivity contribution in [1.29, 1.82) is 0 Å². The molecule has 8 N–H and O–H groups in total. The number of rotatable bonds is 7. The summed E-state index contributed by atoms with van der Waals surface area (Å²) >= 11 is 0. The van der Waals surface area contributed by atoms with E-state index in [-0.39, 0.29) is 37.5 Å². The first-order valence-corrected chi connectivity index (χ1v) is 10.2. The van der Waals surface area contributed by atoms with Gasteiger partial charge >= 0.3 is 0 Å². The molecule has 31 heavy (non-hydrogen) atoms. The molecule has 3 aliphatic rings. The number of aliphatic hydroxyl groups excluding tert-OH is 2. The Kier molecular flexibility index (Phi) is 6.66. The number of amides is 1. The van der Waals surface area contributed by atoms with Crippen LogP contribution in [0.5, 0.6) is 5.75 Å². The lowest BCUT2D eigenvalue weighted by Gasteiger charge is -2.35. The number of allylic oxidation sites excluding steroid dienone is 2. The summed E-state index contributed by atoms with van der Waals surface area (Å²) in [5.74, 6) is 1.02. The van der Waals surface area contributed by atoms with E-state index in [1.165, 1.54) is 0 Å². The zero-order valence-corrected chi connectivity index (χ0v) is 16.9. The number of nitrogens with two attached hydrogens (primary N) is 1. The average Bonchev–Trinajstić information content (AvgIpc) is 3.21. The third-order valence-corrected chi connectivity index (χ3v) is 5.26. The molecule has 0 bridgehead atoms. The van der Waals surface area contributed by atoms with E-state index in [2.05, 4.69) is 21.4 Å². The molecule has 1 saturated heterocycles. The van der Waals surface area contributed by atoms with Crippen LogP contribution in [0.3, 0.4) is 0 Å². The molecule has 0 radical (unpaired) electrons. The van der Waals surface area contributed by atoms with Crippen molar-refractivity contribution >= 4 is 5.91 Å². The highest BCUT2D eigenvalue weighted by atomic mass is 16.5. The molecular formula is C21H28N6O4. The van der Waals surface area contributed by atoms with Gasteiger partial charge in [0.1, 0.15) is 30.3 Å². The molecule has 10 heteroatoms. The zero-order valence-electron chi connectivity index (χ0n) is 16.9. The van der Waals surface area contributed by atoms with Gasteiger partial charge in [0, 0.05) is 6.54 Å². The quantitative estimate of drug-likeness (QED) is 0.259. The van der Waals surface area contributed by atoms with E-state index >= 15 is 0 Å². The van der Waals surface area contributed by atoms with E-state index in [9.17, 15) is 9.90 Å². The maximum atomic E-state index is 12.9. The average molecular weight is 428 g/mol. The molecule has 5 atom stereocenters. The molecule has 0 saturated carbocycles. The van der Waals surface area contributed by atoms with E-state index in [1.54, 1.807) is 24.3 Å². The van der Waals surface area contributed by atoms with Gasteiger partial charge in [-0.2, -0.15) is 0 Å². The van der Waals surface area contributed by atoms with Crippen molar-refractivity contribution in [3.63, 3.8) is 0 Å². The maximum absolute atomic E-state index is 12.9. The van der Waals surface area contributed by atoms with E-state index in [0.717, 1.165) is 5.56 Å². The minimum absolute atomic E-state index is 0.0109. The lowest BCUT2D eigenvalue weighted by Crippen LogP contribution is -2.56. The molecule has 1 fully saturated rings. The van der Waals surface area contributed by atoms with Crippen LogP contribution < -0.4 is 31.8 Å². The zero-order chi connectivity index (χ0) is 21.8. The molecule has 0 aromatic heterocycles. The number of ether oxygens (including phenoxy) is 1. The standard InChI is InChI=1S/C21H28N6O4/c22-18-5-2-6-19(24-18)25-21(30)17-10-23-20-8-7-16(26-27(17)20)13-3-1-4-15(9-13)31-12-14(29)11-28/h1-9,14,16-18,20,23-24,26,28-29H,10-12,22H2,(H,25,30)/t14-,16?,17?,18?,20?/m1/s1. The fourth-order valence-corrected chi connectivity index (χ4v) is 3.66. The van der Waals surface area contributed by atoms with E-state index < -0.39 is 12.1 Å². The number of hydrogen-bond acceptors (Lipinski definition) is 9. The largest absolute Gasteiger partial charge is 0.491 e. The van der Waals surface area contributed by atoms with Crippen molar-refractivity contribution in [1.82, 2.24) is 26.4 Å². The minimum Gasteiger partial charge on any atom is -0.491 e. The predicted molar refractivity (Wildman–Crippen MR) is 114 cm³/mol. The minimum atomic E-state index is -0.925. The number of fused-ring (bicyclic) bond motifs is 1. The summed E-state index contributed by atoms with van der Waals surface area (Å²) in [6.07, 6.45) is 8.08. The Morgan fingerprint density at radius 2 is 2.23 bits per heavy atom. The van der Waals surface area contributed by atoms with E-state index in [0.29, 0.717) is 18.1 Å². The molecule has 0 aliphatic carbocycles. The Balaban J connectivity index is 1.41. The number of hydrazine groups is 1. The Labute approximate surface area is 180 Å². The topological polar surface area (TPSA) is 144 Å². The number of hydrogen-bond donors (Lipinski definition) is 7. The fourth-order valence-electron chi connectivity index (χ4n) is 3.66. The van der Waals surface area contributed by atoms with Gasteiger partial charge in [0.2, 0.25) is 5.91 Å². The van der Waals surface area contributed by atoms with Gasteiger partial charge in [-0.25, -0.2) is 10.4 Å². The summed E-state index contributed by atoms with van der Waals surface area (Å²) in [6.45, 7) is 0.156. The van der Waals surface area contributed by atoms with Gasteiger partial charge in [0.15, 0.2) is 0 Å². The number of benzene rings is 1. The molecule has 10 nitrogen and oxygen atoms in total. The summed E-state index contributed by atoms with van der Waals surface area (Å²) in [7, 11) is 0. The first-order chi connectivity index (χ1) is 15.0. The Hall–Kier alpha value is -2.73. The van der Waals surface area contributed by atoms with Gasteiger partial charge in [-0.05, 0) is 29.8 Å². The Morgan fingerprint density at radius 1 is 1.35 bits per heavy atom. The van der Waals surface area contributed by atoms with Crippen LogP contribution in [-0.4, -0.2) is 65.4 Å². The fraction of sp³-hybridized carbons (Fsp3) is 0.381. The van der Waals surface area contributed by atoms with Gasteiger partial charge in [-0.1, -0.05) is 30.4 Å². The first kappa shape index (κ1) is 21.5. The van der Waals surface area contributed by atoms with Crippen LogP contribution in [0.2, 0.25) is 0 Å². The highest BCUT2D eigenvalue weighted by Crippen LogP contribution is 2.26. The molecule has 166 valence electrons. The lowest BCUT2D eigenvalue weighted by molar-refractivity contribution is -0.126. The molecule has 1 amide bonds. The van der Waals surface area contributed by atoms with E-state index in [1.807, 2.05) is 35.4 Å². The molecular weight excluding hydrogens is 400 g/mol. The monoisotopic (exact) mass is 428 g/mol. The van der Waals surface area contributed by atoms with Crippen LogP contribution in [0.4, 0.5) is 0 Å². The number of carbonyl (C=O) groups is 1.